The first-order chi connectivity index (χ1) is 14.8. The van der Waals surface area contributed by atoms with Crippen LogP contribution in [-0.4, -0.2) is 49.4 Å². The van der Waals surface area contributed by atoms with Crippen molar-refractivity contribution >= 4 is 38.2 Å². The standard InChI is InChI=1S/C23H23N3O4S/c1-15-6-7-19-18(10-15)20(26-14-17(27)11-23(26)28)12-22(24-19)25-8-9-31(29,30)21-5-3-2-4-16(21)13-25/h2-7,10,12,17,27H,8-9,11,13-14H2,1H3/t17-/m1/s1. The van der Waals surface area contributed by atoms with Crippen molar-refractivity contribution in [2.24, 2.45) is 0 Å². The number of carbonyl (C=O) groups excluding carboxylic acids is 1. The molecule has 1 fully saturated rings. The summed E-state index contributed by atoms with van der Waals surface area (Å²) in [6, 6.07) is 14.8. The van der Waals surface area contributed by atoms with Gasteiger partial charge in [-0.1, -0.05) is 29.8 Å². The molecule has 1 atom stereocenters. The summed E-state index contributed by atoms with van der Waals surface area (Å²) in [6.45, 7) is 2.93. The van der Waals surface area contributed by atoms with Crippen molar-refractivity contribution in [1.29, 1.82) is 0 Å². The van der Waals surface area contributed by atoms with Crippen LogP contribution < -0.4 is 9.80 Å². The van der Waals surface area contributed by atoms with E-state index in [1.54, 1.807) is 17.0 Å². The zero-order chi connectivity index (χ0) is 21.8. The van der Waals surface area contributed by atoms with Gasteiger partial charge in [0.1, 0.15) is 5.82 Å². The predicted octanol–water partition coefficient (Wildman–Crippen LogP) is 2.43. The Kier molecular flexibility index (Phi) is 4.71. The van der Waals surface area contributed by atoms with Gasteiger partial charge in [-0.15, -0.1) is 0 Å². The lowest BCUT2D eigenvalue weighted by molar-refractivity contribution is -0.117. The highest BCUT2D eigenvalue weighted by Gasteiger charge is 2.32. The van der Waals surface area contributed by atoms with E-state index < -0.39 is 15.9 Å². The minimum absolute atomic E-state index is 0.00563. The van der Waals surface area contributed by atoms with Crippen molar-refractivity contribution < 1.29 is 18.3 Å². The Labute approximate surface area is 180 Å². The number of aryl methyl sites for hydroxylation is 1. The minimum Gasteiger partial charge on any atom is -0.391 e. The number of rotatable bonds is 2. The fraction of sp³-hybridized carbons (Fsp3) is 0.304. The summed E-state index contributed by atoms with van der Waals surface area (Å²) in [5.74, 6) is 0.484. The number of carbonyl (C=O) groups is 1. The molecule has 5 rings (SSSR count). The second-order valence-corrected chi connectivity index (χ2v) is 10.3. The highest BCUT2D eigenvalue weighted by atomic mass is 32.2. The molecular formula is C23H23N3O4S. The van der Waals surface area contributed by atoms with E-state index in [1.165, 1.54) is 0 Å². The Morgan fingerprint density at radius 2 is 1.94 bits per heavy atom. The van der Waals surface area contributed by atoms with Crippen LogP contribution in [0.1, 0.15) is 17.5 Å². The molecule has 0 spiro atoms. The van der Waals surface area contributed by atoms with Gasteiger partial charge in [-0.3, -0.25) is 4.79 Å². The number of aliphatic hydroxyl groups excluding tert-OH is 1. The molecule has 0 saturated carbocycles. The molecule has 1 saturated heterocycles. The highest BCUT2D eigenvalue weighted by molar-refractivity contribution is 7.91. The molecule has 3 aromatic rings. The van der Waals surface area contributed by atoms with Crippen LogP contribution in [0.15, 0.2) is 53.4 Å². The van der Waals surface area contributed by atoms with Crippen molar-refractivity contribution in [2.75, 3.05) is 28.6 Å². The third-order valence-corrected chi connectivity index (χ3v) is 7.74. The van der Waals surface area contributed by atoms with Gasteiger partial charge in [0.2, 0.25) is 5.91 Å². The maximum absolute atomic E-state index is 12.7. The van der Waals surface area contributed by atoms with Gasteiger partial charge in [0.25, 0.3) is 0 Å². The first-order valence-electron chi connectivity index (χ1n) is 10.3. The van der Waals surface area contributed by atoms with Gasteiger partial charge in [0.05, 0.1) is 40.9 Å². The number of anilines is 2. The van der Waals surface area contributed by atoms with Gasteiger partial charge in [0, 0.05) is 24.5 Å². The van der Waals surface area contributed by atoms with Gasteiger partial charge in [-0.05, 0) is 30.7 Å². The lowest BCUT2D eigenvalue weighted by Gasteiger charge is -2.25. The van der Waals surface area contributed by atoms with Gasteiger partial charge >= 0.3 is 0 Å². The van der Waals surface area contributed by atoms with Crippen molar-refractivity contribution in [1.82, 2.24) is 4.98 Å². The van der Waals surface area contributed by atoms with E-state index in [9.17, 15) is 18.3 Å². The molecule has 2 aliphatic rings. The number of fused-ring (bicyclic) bond motifs is 2. The van der Waals surface area contributed by atoms with Crippen molar-refractivity contribution in [2.45, 2.75) is 30.9 Å². The average Bonchev–Trinajstić information content (AvgIpc) is 3.00. The van der Waals surface area contributed by atoms with E-state index in [0.717, 1.165) is 22.0 Å². The normalized spacial score (nSPS) is 20.7. The average molecular weight is 438 g/mol. The fourth-order valence-electron chi connectivity index (χ4n) is 4.37. The quantitative estimate of drug-likeness (QED) is 0.662. The van der Waals surface area contributed by atoms with Crippen LogP contribution in [-0.2, 0) is 21.2 Å². The molecule has 0 unspecified atom stereocenters. The van der Waals surface area contributed by atoms with Crippen LogP contribution in [0.3, 0.4) is 0 Å². The SMILES string of the molecule is Cc1ccc2nc(N3CCS(=O)(=O)c4ccccc4C3)cc(N3C[C@H](O)CC3=O)c2c1. The number of β-amino-alcohol motifs (C(OH)–C–C–N with tert-alkyl or cyclic N) is 1. The molecule has 7 nitrogen and oxygen atoms in total. The molecule has 1 amide bonds. The summed E-state index contributed by atoms with van der Waals surface area (Å²) >= 11 is 0. The molecule has 2 aliphatic heterocycles. The number of nitrogens with zero attached hydrogens (tertiary/aromatic N) is 3. The van der Waals surface area contributed by atoms with Gasteiger partial charge < -0.3 is 14.9 Å². The molecule has 3 heterocycles. The Hall–Kier alpha value is -2.97. The van der Waals surface area contributed by atoms with Crippen LogP contribution in [0.4, 0.5) is 11.5 Å². The zero-order valence-corrected chi connectivity index (χ0v) is 18.0. The third-order valence-electron chi connectivity index (χ3n) is 5.95. The topological polar surface area (TPSA) is 90.8 Å². The number of aliphatic hydroxyl groups is 1. The third kappa shape index (κ3) is 3.55. The van der Waals surface area contributed by atoms with Crippen molar-refractivity contribution in [3.63, 3.8) is 0 Å². The molecule has 31 heavy (non-hydrogen) atoms. The number of hydrogen-bond acceptors (Lipinski definition) is 6. The molecule has 2 aromatic carbocycles. The van der Waals surface area contributed by atoms with E-state index in [0.29, 0.717) is 29.5 Å². The number of aromatic nitrogens is 1. The van der Waals surface area contributed by atoms with Crippen LogP contribution in [0.5, 0.6) is 0 Å². The molecule has 0 aliphatic carbocycles. The zero-order valence-electron chi connectivity index (χ0n) is 17.2. The van der Waals surface area contributed by atoms with E-state index in [-0.39, 0.29) is 24.6 Å². The number of sulfone groups is 1. The predicted molar refractivity (Wildman–Crippen MR) is 119 cm³/mol. The Balaban J connectivity index is 1.64. The first kappa shape index (κ1) is 20.0. The van der Waals surface area contributed by atoms with Gasteiger partial charge in [-0.25, -0.2) is 13.4 Å². The molecule has 1 N–H and O–H groups in total. The van der Waals surface area contributed by atoms with Crippen LogP contribution in [0, 0.1) is 6.92 Å². The van der Waals surface area contributed by atoms with E-state index >= 15 is 0 Å². The summed E-state index contributed by atoms with van der Waals surface area (Å²) in [7, 11) is -3.38. The molecule has 160 valence electrons. The van der Waals surface area contributed by atoms with Crippen molar-refractivity contribution in [3.05, 3.63) is 59.7 Å². The lowest BCUT2D eigenvalue weighted by atomic mass is 10.1. The summed E-state index contributed by atoms with van der Waals surface area (Å²) in [4.78, 5) is 21.3. The van der Waals surface area contributed by atoms with E-state index in [2.05, 4.69) is 0 Å². The second-order valence-electron chi connectivity index (χ2n) is 8.23. The molecule has 8 heteroatoms. The summed E-state index contributed by atoms with van der Waals surface area (Å²) in [5, 5.41) is 10.9. The van der Waals surface area contributed by atoms with Gasteiger partial charge in [-0.2, -0.15) is 0 Å². The molecular weight excluding hydrogens is 414 g/mol. The van der Waals surface area contributed by atoms with Crippen LogP contribution in [0.25, 0.3) is 10.9 Å². The van der Waals surface area contributed by atoms with Crippen molar-refractivity contribution in [3.8, 4) is 0 Å². The minimum atomic E-state index is -3.38. The number of amides is 1. The summed E-state index contributed by atoms with van der Waals surface area (Å²) in [5.41, 5.74) is 3.21. The lowest BCUT2D eigenvalue weighted by Crippen LogP contribution is -2.29. The summed E-state index contributed by atoms with van der Waals surface area (Å²) in [6.07, 6.45) is -0.598. The fourth-order valence-corrected chi connectivity index (χ4v) is 5.87. The molecule has 1 aromatic heterocycles. The summed E-state index contributed by atoms with van der Waals surface area (Å²) < 4.78 is 25.5. The van der Waals surface area contributed by atoms with E-state index in [4.69, 9.17) is 4.98 Å². The second kappa shape index (κ2) is 7.32. The molecule has 0 bridgehead atoms. The van der Waals surface area contributed by atoms with Crippen LogP contribution in [0.2, 0.25) is 0 Å². The number of pyridine rings is 1. The maximum Gasteiger partial charge on any atom is 0.229 e. The number of hydrogen-bond donors (Lipinski definition) is 1. The smallest absolute Gasteiger partial charge is 0.229 e. The Morgan fingerprint density at radius 3 is 2.71 bits per heavy atom. The maximum atomic E-state index is 12.7. The van der Waals surface area contributed by atoms with E-state index in [1.807, 2.05) is 48.2 Å². The molecule has 0 radical (unpaired) electrons. The Morgan fingerprint density at radius 1 is 1.13 bits per heavy atom. The Bertz CT molecular complexity index is 1310. The first-order valence-corrected chi connectivity index (χ1v) is 11.9. The highest BCUT2D eigenvalue weighted by Crippen LogP contribution is 2.35. The van der Waals surface area contributed by atoms with Gasteiger partial charge in [0.15, 0.2) is 9.84 Å². The monoisotopic (exact) mass is 437 g/mol. The largest absolute Gasteiger partial charge is 0.391 e. The van der Waals surface area contributed by atoms with Crippen LogP contribution >= 0.6 is 0 Å². The number of benzene rings is 2.